The molecule has 0 saturated carbocycles. The van der Waals surface area contributed by atoms with E-state index in [0.29, 0.717) is 22.3 Å². The Bertz CT molecular complexity index is 1830. The van der Waals surface area contributed by atoms with Gasteiger partial charge in [-0.25, -0.2) is 0 Å². The van der Waals surface area contributed by atoms with Crippen LogP contribution in [0.25, 0.3) is 44.3 Å². The predicted octanol–water partition coefficient (Wildman–Crippen LogP) is 4.81. The van der Waals surface area contributed by atoms with E-state index < -0.39 is 0 Å². The number of H-pyrrole nitrogens is 2. The maximum Gasteiger partial charge on any atom is 0.122 e. The van der Waals surface area contributed by atoms with Gasteiger partial charge in [0.2, 0.25) is 0 Å². The first kappa shape index (κ1) is 27.4. The molecule has 4 aromatic carbocycles. The molecule has 6 rings (SSSR count). The maximum absolute atomic E-state index is 7.48. The van der Waals surface area contributed by atoms with Gasteiger partial charge >= 0.3 is 0 Å². The summed E-state index contributed by atoms with van der Waals surface area (Å²) < 4.78 is 0. The van der Waals surface area contributed by atoms with Crippen LogP contribution < -0.4 is 22.9 Å². The summed E-state index contributed by atoms with van der Waals surface area (Å²) in [6.07, 6.45) is 0. The van der Waals surface area contributed by atoms with E-state index in [9.17, 15) is 0 Å². The fourth-order valence-corrected chi connectivity index (χ4v) is 4.56. The monoisotopic (exact) mass is 554 g/mol. The van der Waals surface area contributed by atoms with Crippen molar-refractivity contribution >= 4 is 45.1 Å². The van der Waals surface area contributed by atoms with Gasteiger partial charge in [-0.3, -0.25) is 21.6 Å². The fourth-order valence-electron chi connectivity index (χ4n) is 4.56. The molecule has 0 saturated heterocycles. The van der Waals surface area contributed by atoms with Crippen LogP contribution in [-0.2, 0) is 0 Å². The number of aromatic nitrogens is 2. The minimum atomic E-state index is 0.0545. The van der Waals surface area contributed by atoms with Crippen LogP contribution in [0.2, 0.25) is 0 Å². The van der Waals surface area contributed by atoms with Gasteiger partial charge in [-0.15, -0.1) is 0 Å². The molecule has 0 bridgehead atoms. The second-order valence-electron chi connectivity index (χ2n) is 9.78. The van der Waals surface area contributed by atoms with Gasteiger partial charge < -0.3 is 32.9 Å². The van der Waals surface area contributed by atoms with Crippen LogP contribution in [0.15, 0.2) is 97.1 Å². The van der Waals surface area contributed by atoms with Crippen LogP contribution in [0.1, 0.15) is 22.3 Å². The predicted molar refractivity (Wildman–Crippen MR) is 172 cm³/mol. The van der Waals surface area contributed by atoms with E-state index in [0.717, 1.165) is 44.3 Å². The fraction of sp³-hybridized carbons (Fsp3) is 0. The van der Waals surface area contributed by atoms with E-state index in [1.54, 1.807) is 0 Å². The Kier molecular flexibility index (Phi) is 7.27. The molecule has 2 aromatic heterocycles. The lowest BCUT2D eigenvalue weighted by molar-refractivity contribution is 1.40. The molecular weight excluding hydrogens is 524 g/mol. The highest BCUT2D eigenvalue weighted by Crippen LogP contribution is 2.26. The molecule has 0 unspecified atom stereocenters. The van der Waals surface area contributed by atoms with E-state index in [1.165, 1.54) is 0 Å². The first-order chi connectivity index (χ1) is 20.1. The molecule has 14 N–H and O–H groups in total. The molecule has 0 spiro atoms. The zero-order chi connectivity index (χ0) is 30.0. The molecule has 10 nitrogen and oxygen atoms in total. The van der Waals surface area contributed by atoms with Crippen LogP contribution in [0.4, 0.5) is 0 Å². The van der Waals surface area contributed by atoms with E-state index in [2.05, 4.69) is 9.97 Å². The number of benzene rings is 4. The SMILES string of the molecule is N=C(N)c1ccc(-c2cc3ccc(C(=N)N)cc3[nH]2)cc1.N=C(N)c1ccc(-c2cc3ccc(C(=N)N)cc3[nH]2)cc1. The lowest BCUT2D eigenvalue weighted by Gasteiger charge is -2.01. The zero-order valence-electron chi connectivity index (χ0n) is 22.5. The van der Waals surface area contributed by atoms with Crippen molar-refractivity contribution in [2.24, 2.45) is 22.9 Å². The average Bonchev–Trinajstić information content (AvgIpc) is 3.61. The highest BCUT2D eigenvalue weighted by molar-refractivity contribution is 6.01. The average molecular weight is 555 g/mol. The third kappa shape index (κ3) is 5.73. The van der Waals surface area contributed by atoms with Gasteiger partial charge in [-0.2, -0.15) is 0 Å². The van der Waals surface area contributed by atoms with Gasteiger partial charge in [-0.1, -0.05) is 72.8 Å². The smallest absolute Gasteiger partial charge is 0.122 e. The quantitative estimate of drug-likeness (QED) is 0.103. The Morgan fingerprint density at radius 2 is 0.714 bits per heavy atom. The van der Waals surface area contributed by atoms with Crippen molar-refractivity contribution in [3.8, 4) is 22.5 Å². The van der Waals surface area contributed by atoms with Crippen LogP contribution in [-0.4, -0.2) is 33.3 Å². The standard InChI is InChI=1S/2C16H15N5/c2*17-15(18)10-3-1-9(2-4-10)13-7-11-5-6-12(16(19)20)8-14(11)21-13/h2*1-8,21H,(H3,17,18)(H3,19,20). The molecule has 2 heterocycles. The maximum atomic E-state index is 7.48. The number of rotatable bonds is 6. The normalized spacial score (nSPS) is 10.7. The Morgan fingerprint density at radius 1 is 0.405 bits per heavy atom. The molecule has 0 radical (unpaired) electrons. The van der Waals surface area contributed by atoms with E-state index in [-0.39, 0.29) is 23.3 Å². The molecule has 0 aliphatic carbocycles. The summed E-state index contributed by atoms with van der Waals surface area (Å²) in [6, 6.07) is 30.4. The van der Waals surface area contributed by atoms with Crippen molar-refractivity contribution in [1.29, 1.82) is 21.6 Å². The van der Waals surface area contributed by atoms with Gasteiger partial charge in [-0.05, 0) is 35.4 Å². The highest BCUT2D eigenvalue weighted by Gasteiger charge is 2.07. The third-order valence-corrected chi connectivity index (χ3v) is 6.88. The molecule has 0 aliphatic rings. The summed E-state index contributed by atoms with van der Waals surface area (Å²) in [5.41, 5.74) is 30.6. The molecule has 0 amide bonds. The number of amidine groups is 4. The minimum Gasteiger partial charge on any atom is -0.384 e. The van der Waals surface area contributed by atoms with Gasteiger partial charge in [0, 0.05) is 55.4 Å². The Hall–Kier alpha value is -6.16. The molecule has 0 fully saturated rings. The molecule has 208 valence electrons. The zero-order valence-corrected chi connectivity index (χ0v) is 22.5. The summed E-state index contributed by atoms with van der Waals surface area (Å²) in [6.45, 7) is 0. The summed E-state index contributed by atoms with van der Waals surface area (Å²) >= 11 is 0. The summed E-state index contributed by atoms with van der Waals surface area (Å²) in [4.78, 5) is 6.64. The minimum absolute atomic E-state index is 0.0545. The van der Waals surface area contributed by atoms with Crippen molar-refractivity contribution in [2.75, 3.05) is 0 Å². The van der Waals surface area contributed by atoms with E-state index in [1.807, 2.05) is 97.1 Å². The number of nitrogens with one attached hydrogen (secondary N) is 6. The van der Waals surface area contributed by atoms with Crippen LogP contribution in [0.3, 0.4) is 0 Å². The number of hydrogen-bond acceptors (Lipinski definition) is 4. The lowest BCUT2D eigenvalue weighted by Crippen LogP contribution is -2.10. The van der Waals surface area contributed by atoms with Crippen LogP contribution >= 0.6 is 0 Å². The number of aromatic amines is 2. The van der Waals surface area contributed by atoms with Crippen LogP contribution in [0.5, 0.6) is 0 Å². The lowest BCUT2D eigenvalue weighted by atomic mass is 10.1. The van der Waals surface area contributed by atoms with E-state index >= 15 is 0 Å². The molecule has 0 aliphatic heterocycles. The van der Waals surface area contributed by atoms with Crippen LogP contribution in [0, 0.1) is 21.6 Å². The Labute approximate surface area is 241 Å². The number of hydrogen-bond donors (Lipinski definition) is 10. The number of nitrogens with two attached hydrogens (primary N) is 4. The third-order valence-electron chi connectivity index (χ3n) is 6.88. The van der Waals surface area contributed by atoms with Gasteiger partial charge in [0.15, 0.2) is 0 Å². The molecule has 42 heavy (non-hydrogen) atoms. The van der Waals surface area contributed by atoms with Gasteiger partial charge in [0.05, 0.1) is 0 Å². The Balaban J connectivity index is 0.000000168. The molecular formula is C32H30N10. The second-order valence-corrected chi connectivity index (χ2v) is 9.78. The molecule has 0 atom stereocenters. The molecule has 10 heteroatoms. The van der Waals surface area contributed by atoms with Gasteiger partial charge in [0.25, 0.3) is 0 Å². The molecule has 6 aromatic rings. The number of nitrogen functional groups attached to an aromatic ring is 4. The van der Waals surface area contributed by atoms with Crippen molar-refractivity contribution in [2.45, 2.75) is 0 Å². The topological polar surface area (TPSA) is 231 Å². The van der Waals surface area contributed by atoms with Crippen molar-refractivity contribution in [3.05, 3.63) is 119 Å². The first-order valence-corrected chi connectivity index (χ1v) is 12.9. The Morgan fingerprint density at radius 3 is 1.02 bits per heavy atom. The largest absolute Gasteiger partial charge is 0.384 e. The summed E-state index contributed by atoms with van der Waals surface area (Å²) in [7, 11) is 0. The number of fused-ring (bicyclic) bond motifs is 2. The highest BCUT2D eigenvalue weighted by atomic mass is 14.7. The van der Waals surface area contributed by atoms with E-state index in [4.69, 9.17) is 44.6 Å². The first-order valence-electron chi connectivity index (χ1n) is 12.9. The second kappa shape index (κ2) is 11.1. The van der Waals surface area contributed by atoms with Crippen molar-refractivity contribution < 1.29 is 0 Å². The van der Waals surface area contributed by atoms with Crippen molar-refractivity contribution in [1.82, 2.24) is 9.97 Å². The summed E-state index contributed by atoms with van der Waals surface area (Å²) in [5, 5.41) is 31.9. The van der Waals surface area contributed by atoms with Crippen molar-refractivity contribution in [3.63, 3.8) is 0 Å². The summed E-state index contributed by atoms with van der Waals surface area (Å²) in [5.74, 6) is 0.228. The van der Waals surface area contributed by atoms with Gasteiger partial charge in [0.1, 0.15) is 23.3 Å².